The van der Waals surface area contributed by atoms with Crippen LogP contribution >= 0.6 is 43.2 Å². The van der Waals surface area contributed by atoms with E-state index in [2.05, 4.69) is 42.6 Å². The molecule has 11 heavy (non-hydrogen) atoms. The van der Waals surface area contributed by atoms with Crippen molar-refractivity contribution in [3.63, 3.8) is 0 Å². The Kier molecular flexibility index (Phi) is 13.5. The fraction of sp³-hybridized carbons (Fsp3) is 0.500. The quantitative estimate of drug-likeness (QED) is 0.799. The second kappa shape index (κ2) is 10.6. The maximum absolute atomic E-state index is 4.50. The molecule has 1 aromatic rings. The first kappa shape index (κ1) is 14.1. The number of hydrogen-bond donors (Lipinski definition) is 1. The molecule has 0 fully saturated rings. The molecule has 1 rings (SSSR count). The molecule has 66 valence electrons. The van der Waals surface area contributed by atoms with E-state index in [1.54, 1.807) is 11.3 Å². The molecule has 0 bridgehead atoms. The van der Waals surface area contributed by atoms with Crippen LogP contribution in [0.4, 0.5) is 0 Å². The minimum Gasteiger partial charge on any atom is -0.333 e. The van der Waals surface area contributed by atoms with E-state index in [1.807, 2.05) is 19.2 Å². The van der Waals surface area contributed by atoms with E-state index in [4.69, 9.17) is 0 Å². The van der Waals surface area contributed by atoms with Gasteiger partial charge in [-0.2, -0.15) is 0 Å². The van der Waals surface area contributed by atoms with E-state index in [0.717, 1.165) is 8.52 Å². The molecule has 5 heteroatoms. The monoisotopic (exact) mass is 302 g/mol. The highest BCUT2D eigenvalue weighted by Crippen LogP contribution is 2.19. The van der Waals surface area contributed by atoms with Gasteiger partial charge in [0.25, 0.3) is 0 Å². The van der Waals surface area contributed by atoms with Gasteiger partial charge < -0.3 is 5.73 Å². The number of thiazole rings is 1. The maximum Gasteiger partial charge on any atom is 0.160 e. The highest BCUT2D eigenvalue weighted by Gasteiger charge is 1.89. The summed E-state index contributed by atoms with van der Waals surface area (Å²) in [6, 6.07) is 0. The lowest BCUT2D eigenvalue weighted by Crippen LogP contribution is -1.69. The highest BCUT2D eigenvalue weighted by atomic mass is 79.9. The van der Waals surface area contributed by atoms with Crippen LogP contribution in [0.15, 0.2) is 13.9 Å². The van der Waals surface area contributed by atoms with Crippen molar-refractivity contribution in [3.05, 3.63) is 13.9 Å². The van der Waals surface area contributed by atoms with Crippen LogP contribution < -0.4 is 5.73 Å². The van der Waals surface area contributed by atoms with Crippen molar-refractivity contribution in [2.24, 2.45) is 5.73 Å². The number of rotatable bonds is 0. The minimum atomic E-state index is 0.893. The Labute approximate surface area is 88.5 Å². The SMILES string of the molecule is Brc1csc(Br)n1.CC.CN. The molecule has 2 N–H and O–H groups in total. The Morgan fingerprint density at radius 2 is 1.82 bits per heavy atom. The van der Waals surface area contributed by atoms with Crippen molar-refractivity contribution in [2.45, 2.75) is 13.8 Å². The van der Waals surface area contributed by atoms with Crippen LogP contribution in [0.2, 0.25) is 0 Å². The lowest BCUT2D eigenvalue weighted by molar-refractivity contribution is 1.33. The molecular weight excluding hydrogens is 292 g/mol. The molecule has 0 aliphatic carbocycles. The van der Waals surface area contributed by atoms with Crippen LogP contribution in [0.1, 0.15) is 13.8 Å². The maximum atomic E-state index is 4.50. The number of nitrogens with zero attached hydrogens (tertiary/aromatic N) is 1. The van der Waals surface area contributed by atoms with E-state index in [-0.39, 0.29) is 0 Å². The summed E-state index contributed by atoms with van der Waals surface area (Å²) in [4.78, 5) is 3.96. The zero-order valence-electron chi connectivity index (χ0n) is 6.77. The van der Waals surface area contributed by atoms with Gasteiger partial charge in [0.05, 0.1) is 0 Å². The predicted octanol–water partition coefficient (Wildman–Crippen LogP) is 3.27. The number of halogens is 2. The minimum absolute atomic E-state index is 0.893. The van der Waals surface area contributed by atoms with E-state index in [1.165, 1.54) is 7.05 Å². The molecule has 2 nitrogen and oxygen atoms in total. The van der Waals surface area contributed by atoms with Gasteiger partial charge in [-0.1, -0.05) is 13.8 Å². The summed E-state index contributed by atoms with van der Waals surface area (Å²) in [5.41, 5.74) is 4.50. The second-order valence-corrected chi connectivity index (χ2v) is 3.87. The lowest BCUT2D eigenvalue weighted by Gasteiger charge is -1.67. The standard InChI is InChI=1S/C3HBr2NS.C2H6.CH5N/c4-2-1-7-3(5)6-2;2*1-2/h1H;1-2H3;2H2,1H3. The zero-order valence-corrected chi connectivity index (χ0v) is 10.8. The average Bonchev–Trinajstić information content (AvgIpc) is 2.43. The molecule has 0 saturated carbocycles. The topological polar surface area (TPSA) is 38.9 Å². The van der Waals surface area contributed by atoms with E-state index < -0.39 is 0 Å². The van der Waals surface area contributed by atoms with Crippen LogP contribution in [0.3, 0.4) is 0 Å². The van der Waals surface area contributed by atoms with Crippen molar-refractivity contribution in [1.82, 2.24) is 4.98 Å². The summed E-state index contributed by atoms with van der Waals surface area (Å²) < 4.78 is 1.81. The van der Waals surface area contributed by atoms with Crippen molar-refractivity contribution < 1.29 is 0 Å². The van der Waals surface area contributed by atoms with Gasteiger partial charge in [-0.3, -0.25) is 0 Å². The van der Waals surface area contributed by atoms with E-state index in [9.17, 15) is 0 Å². The summed E-state index contributed by atoms with van der Waals surface area (Å²) in [5, 5.41) is 1.92. The summed E-state index contributed by atoms with van der Waals surface area (Å²) in [5.74, 6) is 0. The molecular formula is C6H12Br2N2S. The van der Waals surface area contributed by atoms with Gasteiger partial charge in [0.1, 0.15) is 4.60 Å². The Balaban J connectivity index is 0. The predicted molar refractivity (Wildman–Crippen MR) is 59.0 cm³/mol. The first-order valence-corrected chi connectivity index (χ1v) is 5.60. The number of hydrogen-bond acceptors (Lipinski definition) is 3. The summed E-state index contributed by atoms with van der Waals surface area (Å²) in [6.45, 7) is 4.00. The molecule has 0 radical (unpaired) electrons. The third-order valence-corrected chi connectivity index (χ3v) is 2.52. The summed E-state index contributed by atoms with van der Waals surface area (Å²) >= 11 is 7.97. The molecule has 0 saturated heterocycles. The largest absolute Gasteiger partial charge is 0.333 e. The molecule has 0 amide bonds. The van der Waals surface area contributed by atoms with Gasteiger partial charge in [-0.05, 0) is 38.9 Å². The molecule has 0 unspecified atom stereocenters. The van der Waals surface area contributed by atoms with Crippen LogP contribution in [0.25, 0.3) is 0 Å². The van der Waals surface area contributed by atoms with E-state index in [0.29, 0.717) is 0 Å². The molecule has 0 aliphatic heterocycles. The summed E-state index contributed by atoms with van der Waals surface area (Å²) in [7, 11) is 1.50. The first-order chi connectivity index (χ1) is 5.29. The third kappa shape index (κ3) is 8.46. The highest BCUT2D eigenvalue weighted by molar-refractivity contribution is 9.11. The average molecular weight is 304 g/mol. The Morgan fingerprint density at radius 3 is 1.91 bits per heavy atom. The number of aromatic nitrogens is 1. The zero-order chi connectivity index (χ0) is 9.28. The lowest BCUT2D eigenvalue weighted by atomic mass is 11.0. The van der Waals surface area contributed by atoms with Crippen LogP contribution in [0, 0.1) is 0 Å². The fourth-order valence-corrected chi connectivity index (χ4v) is 1.92. The Bertz CT molecular complexity index is 151. The van der Waals surface area contributed by atoms with Gasteiger partial charge in [-0.15, -0.1) is 11.3 Å². The van der Waals surface area contributed by atoms with Crippen molar-refractivity contribution >= 4 is 43.2 Å². The van der Waals surface area contributed by atoms with Gasteiger partial charge in [-0.25, -0.2) is 4.98 Å². The fourth-order valence-electron chi connectivity index (χ4n) is 0.234. The van der Waals surface area contributed by atoms with Gasteiger partial charge in [0.2, 0.25) is 0 Å². The first-order valence-electron chi connectivity index (χ1n) is 3.13. The van der Waals surface area contributed by atoms with Gasteiger partial charge in [0, 0.05) is 5.38 Å². The van der Waals surface area contributed by atoms with Gasteiger partial charge in [0.15, 0.2) is 3.92 Å². The molecule has 0 aromatic carbocycles. The van der Waals surface area contributed by atoms with Gasteiger partial charge >= 0.3 is 0 Å². The van der Waals surface area contributed by atoms with Crippen molar-refractivity contribution in [2.75, 3.05) is 7.05 Å². The van der Waals surface area contributed by atoms with Crippen molar-refractivity contribution in [3.8, 4) is 0 Å². The molecule has 0 spiro atoms. The van der Waals surface area contributed by atoms with Crippen molar-refractivity contribution in [1.29, 1.82) is 0 Å². The third-order valence-electron chi connectivity index (χ3n) is 0.448. The Hall–Kier alpha value is 0.550. The second-order valence-electron chi connectivity index (χ2n) is 0.923. The molecule has 0 atom stereocenters. The number of nitrogens with two attached hydrogens (primary N) is 1. The van der Waals surface area contributed by atoms with Crippen LogP contribution in [0.5, 0.6) is 0 Å². The Morgan fingerprint density at radius 1 is 1.36 bits per heavy atom. The van der Waals surface area contributed by atoms with Crippen LogP contribution in [-0.2, 0) is 0 Å². The van der Waals surface area contributed by atoms with Crippen LogP contribution in [-0.4, -0.2) is 12.0 Å². The normalized spacial score (nSPS) is 7.09. The molecule has 0 aliphatic rings. The smallest absolute Gasteiger partial charge is 0.160 e. The summed E-state index contributed by atoms with van der Waals surface area (Å²) in [6.07, 6.45) is 0. The molecule has 1 heterocycles. The molecule has 1 aromatic heterocycles. The van der Waals surface area contributed by atoms with E-state index >= 15 is 0 Å².